The highest BCUT2D eigenvalue weighted by molar-refractivity contribution is 6.39. The maximum absolute atomic E-state index is 11.7. The van der Waals surface area contributed by atoms with Crippen molar-refractivity contribution in [2.75, 3.05) is 19.0 Å². The maximum atomic E-state index is 11.7. The average Bonchev–Trinajstić information content (AvgIpc) is 3.02. The van der Waals surface area contributed by atoms with Crippen LogP contribution >= 0.6 is 0 Å². The van der Waals surface area contributed by atoms with Crippen LogP contribution in [0.1, 0.15) is 11.1 Å². The number of ether oxygens (including phenoxy) is 1. The molecule has 0 aliphatic rings. The van der Waals surface area contributed by atoms with Crippen LogP contribution in [0.3, 0.4) is 0 Å². The molecule has 0 spiro atoms. The molecule has 0 radical (unpaired) electrons. The molecule has 2 aromatic rings. The standard InChI is InChI=1S/C15H15N5O3/c1-23-12-4-2-10(3-5-12)6-7-17-14(21)15(22)19-13-11(8-16)9-18-20-13/h2-5,9H,6-7H2,1H3,(H,17,21)(H2,18,19,20,22). The van der Waals surface area contributed by atoms with E-state index in [9.17, 15) is 9.59 Å². The number of benzene rings is 1. The zero-order chi connectivity index (χ0) is 16.7. The quantitative estimate of drug-likeness (QED) is 0.698. The van der Waals surface area contributed by atoms with E-state index in [-0.39, 0.29) is 11.4 Å². The SMILES string of the molecule is COc1ccc(CCNC(=O)C(=O)Nc2[nH]ncc2C#N)cc1. The Morgan fingerprint density at radius 3 is 2.70 bits per heavy atom. The van der Waals surface area contributed by atoms with E-state index in [2.05, 4.69) is 20.8 Å². The van der Waals surface area contributed by atoms with Crippen LogP contribution in [0.25, 0.3) is 0 Å². The van der Waals surface area contributed by atoms with Gasteiger partial charge in [0.05, 0.1) is 13.3 Å². The molecule has 0 aliphatic carbocycles. The molecule has 23 heavy (non-hydrogen) atoms. The highest BCUT2D eigenvalue weighted by Gasteiger charge is 2.15. The molecule has 0 atom stereocenters. The summed E-state index contributed by atoms with van der Waals surface area (Å²) in [5.41, 5.74) is 1.16. The molecule has 8 nitrogen and oxygen atoms in total. The number of nitriles is 1. The van der Waals surface area contributed by atoms with Crippen LogP contribution < -0.4 is 15.4 Å². The van der Waals surface area contributed by atoms with Gasteiger partial charge in [-0.2, -0.15) is 10.4 Å². The summed E-state index contributed by atoms with van der Waals surface area (Å²) >= 11 is 0. The second-order valence-electron chi connectivity index (χ2n) is 4.58. The Hall–Kier alpha value is -3.34. The number of nitrogens with zero attached hydrogens (tertiary/aromatic N) is 2. The highest BCUT2D eigenvalue weighted by atomic mass is 16.5. The van der Waals surface area contributed by atoms with Gasteiger partial charge in [-0.05, 0) is 24.1 Å². The summed E-state index contributed by atoms with van der Waals surface area (Å²) in [7, 11) is 1.59. The maximum Gasteiger partial charge on any atom is 0.314 e. The van der Waals surface area contributed by atoms with Gasteiger partial charge >= 0.3 is 11.8 Å². The smallest absolute Gasteiger partial charge is 0.314 e. The van der Waals surface area contributed by atoms with Crippen molar-refractivity contribution in [2.24, 2.45) is 0 Å². The van der Waals surface area contributed by atoms with E-state index < -0.39 is 11.8 Å². The second-order valence-corrected chi connectivity index (χ2v) is 4.58. The topological polar surface area (TPSA) is 120 Å². The van der Waals surface area contributed by atoms with E-state index in [1.165, 1.54) is 6.20 Å². The van der Waals surface area contributed by atoms with Crippen LogP contribution in [0.5, 0.6) is 5.75 Å². The van der Waals surface area contributed by atoms with E-state index in [4.69, 9.17) is 10.00 Å². The first kappa shape index (κ1) is 16.0. The normalized spacial score (nSPS) is 9.74. The molecule has 3 N–H and O–H groups in total. The lowest BCUT2D eigenvalue weighted by Crippen LogP contribution is -2.36. The van der Waals surface area contributed by atoms with Gasteiger partial charge in [0.25, 0.3) is 0 Å². The number of carbonyl (C=O) groups excluding carboxylic acids is 2. The number of aromatic amines is 1. The van der Waals surface area contributed by atoms with Crippen LogP contribution in [0.2, 0.25) is 0 Å². The first-order chi connectivity index (χ1) is 11.1. The molecular formula is C15H15N5O3. The van der Waals surface area contributed by atoms with Crippen molar-refractivity contribution in [3.05, 3.63) is 41.6 Å². The van der Waals surface area contributed by atoms with Gasteiger partial charge in [0.15, 0.2) is 0 Å². The fourth-order valence-corrected chi connectivity index (χ4v) is 1.83. The Kier molecular flexibility index (Phi) is 5.30. The van der Waals surface area contributed by atoms with Crippen molar-refractivity contribution in [3.8, 4) is 11.8 Å². The molecule has 0 fully saturated rings. The van der Waals surface area contributed by atoms with Gasteiger partial charge in [0.2, 0.25) is 0 Å². The molecule has 2 rings (SSSR count). The number of methoxy groups -OCH3 is 1. The van der Waals surface area contributed by atoms with Gasteiger partial charge in [0, 0.05) is 6.54 Å². The monoisotopic (exact) mass is 313 g/mol. The molecule has 8 heteroatoms. The van der Waals surface area contributed by atoms with Gasteiger partial charge in [-0.1, -0.05) is 12.1 Å². The number of carbonyl (C=O) groups is 2. The molecule has 2 amide bonds. The van der Waals surface area contributed by atoms with E-state index in [0.717, 1.165) is 11.3 Å². The number of H-pyrrole nitrogens is 1. The van der Waals surface area contributed by atoms with Gasteiger partial charge in [-0.3, -0.25) is 14.7 Å². The summed E-state index contributed by atoms with van der Waals surface area (Å²) < 4.78 is 5.06. The average molecular weight is 313 g/mol. The van der Waals surface area contributed by atoms with Crippen LogP contribution in [-0.4, -0.2) is 35.7 Å². The minimum atomic E-state index is -0.861. The Labute approximate surface area is 132 Å². The van der Waals surface area contributed by atoms with Crippen molar-refractivity contribution in [2.45, 2.75) is 6.42 Å². The van der Waals surface area contributed by atoms with Gasteiger partial charge in [-0.15, -0.1) is 0 Å². The molecule has 1 heterocycles. The number of anilines is 1. The van der Waals surface area contributed by atoms with Crippen LogP contribution in [0.4, 0.5) is 5.82 Å². The molecule has 0 saturated heterocycles. The van der Waals surface area contributed by atoms with Crippen molar-refractivity contribution >= 4 is 17.6 Å². The molecular weight excluding hydrogens is 298 g/mol. The third-order valence-corrected chi connectivity index (χ3v) is 3.06. The summed E-state index contributed by atoms with van der Waals surface area (Å²) in [6.07, 6.45) is 1.84. The number of hydrogen-bond donors (Lipinski definition) is 3. The number of amides is 2. The van der Waals surface area contributed by atoms with Gasteiger partial charge in [-0.25, -0.2) is 0 Å². The number of aromatic nitrogens is 2. The lowest BCUT2D eigenvalue weighted by Gasteiger charge is -2.06. The molecule has 0 saturated carbocycles. The Morgan fingerprint density at radius 2 is 2.04 bits per heavy atom. The second kappa shape index (κ2) is 7.61. The molecule has 1 aromatic heterocycles. The largest absolute Gasteiger partial charge is 0.497 e. The van der Waals surface area contributed by atoms with Crippen molar-refractivity contribution < 1.29 is 14.3 Å². The lowest BCUT2D eigenvalue weighted by atomic mass is 10.1. The van der Waals surface area contributed by atoms with Crippen molar-refractivity contribution in [1.29, 1.82) is 5.26 Å². The fraction of sp³-hybridized carbons (Fsp3) is 0.200. The van der Waals surface area contributed by atoms with Crippen LogP contribution in [-0.2, 0) is 16.0 Å². The molecule has 0 unspecified atom stereocenters. The van der Waals surface area contributed by atoms with Gasteiger partial charge < -0.3 is 15.4 Å². The van der Waals surface area contributed by atoms with E-state index in [0.29, 0.717) is 13.0 Å². The predicted octanol–water partition coefficient (Wildman–Crippen LogP) is 0.587. The highest BCUT2D eigenvalue weighted by Crippen LogP contribution is 2.11. The Balaban J connectivity index is 1.80. The van der Waals surface area contributed by atoms with Crippen LogP contribution in [0, 0.1) is 11.3 Å². The fourth-order valence-electron chi connectivity index (χ4n) is 1.83. The zero-order valence-corrected chi connectivity index (χ0v) is 12.4. The van der Waals surface area contributed by atoms with Gasteiger partial charge in [0.1, 0.15) is 23.2 Å². The summed E-state index contributed by atoms with van der Waals surface area (Å²) in [6.45, 7) is 0.312. The van der Waals surface area contributed by atoms with Crippen molar-refractivity contribution in [1.82, 2.24) is 15.5 Å². The molecule has 118 valence electrons. The summed E-state index contributed by atoms with van der Waals surface area (Å²) in [5, 5.41) is 19.7. The third-order valence-electron chi connectivity index (χ3n) is 3.06. The van der Waals surface area contributed by atoms with Crippen molar-refractivity contribution in [3.63, 3.8) is 0 Å². The summed E-state index contributed by atoms with van der Waals surface area (Å²) in [4.78, 5) is 23.4. The summed E-state index contributed by atoms with van der Waals surface area (Å²) in [5.74, 6) is -0.787. The first-order valence-electron chi connectivity index (χ1n) is 6.79. The molecule has 1 aromatic carbocycles. The predicted molar refractivity (Wildman–Crippen MR) is 81.6 cm³/mol. The molecule has 0 bridgehead atoms. The lowest BCUT2D eigenvalue weighted by molar-refractivity contribution is -0.136. The van der Waals surface area contributed by atoms with E-state index >= 15 is 0 Å². The third kappa shape index (κ3) is 4.31. The number of nitrogens with one attached hydrogen (secondary N) is 3. The Morgan fingerprint density at radius 1 is 1.30 bits per heavy atom. The summed E-state index contributed by atoms with van der Waals surface area (Å²) in [6, 6.07) is 9.26. The first-order valence-corrected chi connectivity index (χ1v) is 6.79. The van der Waals surface area contributed by atoms with Crippen LogP contribution in [0.15, 0.2) is 30.5 Å². The molecule has 0 aliphatic heterocycles. The minimum absolute atomic E-state index is 0.0998. The minimum Gasteiger partial charge on any atom is -0.497 e. The number of hydrogen-bond acceptors (Lipinski definition) is 5. The Bertz CT molecular complexity index is 730. The van der Waals surface area contributed by atoms with E-state index in [1.807, 2.05) is 30.3 Å². The zero-order valence-electron chi connectivity index (χ0n) is 12.4. The number of rotatable bonds is 5. The van der Waals surface area contributed by atoms with E-state index in [1.54, 1.807) is 7.11 Å².